The van der Waals surface area contributed by atoms with Gasteiger partial charge in [0.25, 0.3) is 0 Å². The van der Waals surface area contributed by atoms with E-state index in [4.69, 9.17) is 4.74 Å². The van der Waals surface area contributed by atoms with Crippen LogP contribution in [-0.2, 0) is 14.3 Å². The summed E-state index contributed by atoms with van der Waals surface area (Å²) < 4.78 is 5.05. The molecule has 2 amide bonds. The number of likely N-dealkylation sites (tertiary alicyclic amines) is 1. The van der Waals surface area contributed by atoms with Crippen LogP contribution in [0.3, 0.4) is 0 Å². The number of esters is 1. The molecule has 0 unspecified atom stereocenters. The Kier molecular flexibility index (Phi) is 6.35. The van der Waals surface area contributed by atoms with E-state index in [9.17, 15) is 14.4 Å². The summed E-state index contributed by atoms with van der Waals surface area (Å²) in [5.41, 5.74) is 0.820. The second-order valence-corrected chi connectivity index (χ2v) is 5.75. The zero-order valence-electron chi connectivity index (χ0n) is 14.3. The molecule has 1 saturated heterocycles. The molecule has 1 fully saturated rings. The van der Waals surface area contributed by atoms with Gasteiger partial charge in [0.2, 0.25) is 11.8 Å². The Hall–Kier alpha value is -2.37. The van der Waals surface area contributed by atoms with Crippen LogP contribution in [0, 0.1) is 0 Å². The third kappa shape index (κ3) is 4.34. The molecule has 0 radical (unpaired) electrons. The van der Waals surface area contributed by atoms with Gasteiger partial charge in [-0.1, -0.05) is 12.1 Å². The van der Waals surface area contributed by atoms with E-state index >= 15 is 0 Å². The van der Waals surface area contributed by atoms with E-state index in [0.717, 1.165) is 25.9 Å². The Labute approximate surface area is 142 Å². The van der Waals surface area contributed by atoms with Crippen LogP contribution in [0.2, 0.25) is 0 Å². The number of rotatable bonds is 6. The van der Waals surface area contributed by atoms with Gasteiger partial charge in [0, 0.05) is 33.0 Å². The van der Waals surface area contributed by atoms with Crippen molar-refractivity contribution in [3.8, 4) is 0 Å². The van der Waals surface area contributed by atoms with Crippen molar-refractivity contribution in [3.05, 3.63) is 29.8 Å². The van der Waals surface area contributed by atoms with Crippen LogP contribution in [0.5, 0.6) is 0 Å². The van der Waals surface area contributed by atoms with Crippen LogP contribution in [-0.4, -0.2) is 48.9 Å². The SMILES string of the molecule is CCOC(=O)c1ccccc1N(CCC(=O)N1CCCC1)C(C)=O. The quantitative estimate of drug-likeness (QED) is 0.749. The fourth-order valence-electron chi connectivity index (χ4n) is 2.87. The van der Waals surface area contributed by atoms with Gasteiger partial charge in [0.15, 0.2) is 0 Å². The number of carbonyl (C=O) groups excluding carboxylic acids is 3. The lowest BCUT2D eigenvalue weighted by atomic mass is 10.1. The van der Waals surface area contributed by atoms with Gasteiger partial charge in [-0.2, -0.15) is 0 Å². The normalized spacial score (nSPS) is 13.7. The van der Waals surface area contributed by atoms with Crippen molar-refractivity contribution in [3.63, 3.8) is 0 Å². The monoisotopic (exact) mass is 332 g/mol. The van der Waals surface area contributed by atoms with E-state index in [-0.39, 0.29) is 31.4 Å². The van der Waals surface area contributed by atoms with Gasteiger partial charge in [0.1, 0.15) is 0 Å². The topological polar surface area (TPSA) is 66.9 Å². The zero-order chi connectivity index (χ0) is 17.5. The van der Waals surface area contributed by atoms with Crippen molar-refractivity contribution in [2.75, 3.05) is 31.1 Å². The molecule has 6 heteroatoms. The van der Waals surface area contributed by atoms with Gasteiger partial charge in [-0.3, -0.25) is 9.59 Å². The Balaban J connectivity index is 2.14. The molecular formula is C18H24N2O4. The third-order valence-corrected chi connectivity index (χ3v) is 4.08. The predicted octanol–water partition coefficient (Wildman–Crippen LogP) is 2.23. The maximum absolute atomic E-state index is 12.2. The summed E-state index contributed by atoms with van der Waals surface area (Å²) in [6.07, 6.45) is 2.32. The first kappa shape index (κ1) is 18.0. The number of nitrogens with zero attached hydrogens (tertiary/aromatic N) is 2. The van der Waals surface area contributed by atoms with E-state index in [2.05, 4.69) is 0 Å². The van der Waals surface area contributed by atoms with E-state index in [1.165, 1.54) is 11.8 Å². The Morgan fingerprint density at radius 1 is 1.17 bits per heavy atom. The molecule has 1 aromatic rings. The highest BCUT2D eigenvalue weighted by atomic mass is 16.5. The van der Waals surface area contributed by atoms with Crippen molar-refractivity contribution in [1.29, 1.82) is 0 Å². The molecule has 2 rings (SSSR count). The minimum absolute atomic E-state index is 0.0485. The van der Waals surface area contributed by atoms with E-state index < -0.39 is 5.97 Å². The van der Waals surface area contributed by atoms with Gasteiger partial charge in [-0.25, -0.2) is 4.79 Å². The molecule has 0 saturated carbocycles. The molecular weight excluding hydrogens is 308 g/mol. The smallest absolute Gasteiger partial charge is 0.340 e. The molecule has 0 spiro atoms. The summed E-state index contributed by atoms with van der Waals surface area (Å²) in [7, 11) is 0. The van der Waals surface area contributed by atoms with Crippen LogP contribution in [0.4, 0.5) is 5.69 Å². The predicted molar refractivity (Wildman–Crippen MR) is 90.9 cm³/mol. The average molecular weight is 332 g/mol. The number of para-hydroxylation sites is 1. The van der Waals surface area contributed by atoms with Crippen molar-refractivity contribution >= 4 is 23.5 Å². The number of hydrogen-bond acceptors (Lipinski definition) is 4. The highest BCUT2D eigenvalue weighted by Crippen LogP contribution is 2.22. The van der Waals surface area contributed by atoms with Crippen LogP contribution >= 0.6 is 0 Å². The van der Waals surface area contributed by atoms with Gasteiger partial charge in [-0.15, -0.1) is 0 Å². The molecule has 0 aromatic heterocycles. The van der Waals surface area contributed by atoms with E-state index in [1.54, 1.807) is 31.2 Å². The van der Waals surface area contributed by atoms with Gasteiger partial charge in [-0.05, 0) is 31.9 Å². The minimum atomic E-state index is -0.467. The van der Waals surface area contributed by atoms with Crippen LogP contribution in [0.25, 0.3) is 0 Å². The lowest BCUT2D eigenvalue weighted by Crippen LogP contribution is -2.36. The highest BCUT2D eigenvalue weighted by Gasteiger charge is 2.23. The van der Waals surface area contributed by atoms with Crippen molar-refractivity contribution in [2.45, 2.75) is 33.1 Å². The minimum Gasteiger partial charge on any atom is -0.462 e. The molecule has 0 N–H and O–H groups in total. The average Bonchev–Trinajstić information content (AvgIpc) is 3.10. The summed E-state index contributed by atoms with van der Waals surface area (Å²) in [5.74, 6) is -0.626. The number of anilines is 1. The number of ether oxygens (including phenoxy) is 1. The number of amides is 2. The molecule has 6 nitrogen and oxygen atoms in total. The molecule has 0 bridgehead atoms. The molecule has 1 aliphatic heterocycles. The first-order valence-corrected chi connectivity index (χ1v) is 8.36. The van der Waals surface area contributed by atoms with Crippen molar-refractivity contribution < 1.29 is 19.1 Å². The Morgan fingerprint density at radius 3 is 2.46 bits per heavy atom. The maximum Gasteiger partial charge on any atom is 0.340 e. The summed E-state index contributed by atoms with van der Waals surface area (Å²) >= 11 is 0. The number of carbonyl (C=O) groups is 3. The molecule has 0 aliphatic carbocycles. The first-order valence-electron chi connectivity index (χ1n) is 8.36. The van der Waals surface area contributed by atoms with E-state index in [0.29, 0.717) is 11.3 Å². The molecule has 1 aromatic carbocycles. The fourth-order valence-corrected chi connectivity index (χ4v) is 2.87. The van der Waals surface area contributed by atoms with Gasteiger partial charge >= 0.3 is 5.97 Å². The summed E-state index contributed by atoms with van der Waals surface area (Å²) in [4.78, 5) is 39.7. The van der Waals surface area contributed by atoms with Crippen LogP contribution in [0.15, 0.2) is 24.3 Å². The fraction of sp³-hybridized carbons (Fsp3) is 0.500. The zero-order valence-corrected chi connectivity index (χ0v) is 14.3. The maximum atomic E-state index is 12.2. The van der Waals surface area contributed by atoms with Crippen molar-refractivity contribution in [1.82, 2.24) is 4.90 Å². The number of hydrogen-bond donors (Lipinski definition) is 0. The van der Waals surface area contributed by atoms with Crippen molar-refractivity contribution in [2.24, 2.45) is 0 Å². The molecule has 0 atom stereocenters. The van der Waals surface area contributed by atoms with Crippen LogP contribution < -0.4 is 4.90 Å². The summed E-state index contributed by atoms with van der Waals surface area (Å²) in [5, 5.41) is 0. The summed E-state index contributed by atoms with van der Waals surface area (Å²) in [6, 6.07) is 6.82. The molecule has 1 heterocycles. The molecule has 24 heavy (non-hydrogen) atoms. The second-order valence-electron chi connectivity index (χ2n) is 5.75. The molecule has 1 aliphatic rings. The standard InChI is InChI=1S/C18H24N2O4/c1-3-24-18(23)15-8-4-5-9-16(15)20(14(2)21)13-10-17(22)19-11-6-7-12-19/h4-5,8-9H,3,6-7,10-13H2,1-2H3. The molecule has 130 valence electrons. The lowest BCUT2D eigenvalue weighted by Gasteiger charge is -2.24. The number of benzene rings is 1. The van der Waals surface area contributed by atoms with E-state index in [1.807, 2.05) is 4.90 Å². The summed E-state index contributed by atoms with van der Waals surface area (Å²) in [6.45, 7) is 5.26. The highest BCUT2D eigenvalue weighted by molar-refractivity contribution is 6.02. The lowest BCUT2D eigenvalue weighted by molar-refractivity contribution is -0.129. The third-order valence-electron chi connectivity index (χ3n) is 4.08. The van der Waals surface area contributed by atoms with Gasteiger partial charge < -0.3 is 14.5 Å². The largest absolute Gasteiger partial charge is 0.462 e. The van der Waals surface area contributed by atoms with Crippen LogP contribution in [0.1, 0.15) is 43.5 Å². The van der Waals surface area contributed by atoms with Gasteiger partial charge in [0.05, 0.1) is 17.9 Å². The first-order chi connectivity index (χ1) is 11.5. The Morgan fingerprint density at radius 2 is 1.83 bits per heavy atom. The second kappa shape index (κ2) is 8.47. The Bertz CT molecular complexity index is 609.